The number of nitrogens with zero attached hydrogens (tertiary/aromatic N) is 7. The molecular weight excluding hydrogens is 399 g/mol. The van der Waals surface area contributed by atoms with Crippen molar-refractivity contribution in [2.45, 2.75) is 19.3 Å². The fourth-order valence-electron chi connectivity index (χ4n) is 3.47. The molecule has 0 aliphatic carbocycles. The van der Waals surface area contributed by atoms with E-state index in [4.69, 9.17) is 0 Å². The number of aromatic nitrogens is 5. The van der Waals surface area contributed by atoms with E-state index in [0.29, 0.717) is 66.4 Å². The number of carbonyl (C=O) groups excluding carboxylic acids is 1. The molecule has 4 heterocycles. The normalized spacial score (nSPS) is 16.6. The molecule has 1 aromatic carbocycles. The molecule has 1 saturated heterocycles. The maximum atomic E-state index is 13.5. The minimum atomic E-state index is -0.823. The van der Waals surface area contributed by atoms with E-state index in [0.717, 1.165) is 0 Å². The van der Waals surface area contributed by atoms with Crippen LogP contribution in [0.5, 0.6) is 0 Å². The highest BCUT2D eigenvalue weighted by Crippen LogP contribution is 2.28. The van der Waals surface area contributed by atoms with Gasteiger partial charge in [0.1, 0.15) is 19.8 Å². The van der Waals surface area contributed by atoms with Crippen LogP contribution in [0.15, 0.2) is 18.2 Å². The van der Waals surface area contributed by atoms with Crippen LogP contribution in [0.25, 0.3) is 10.8 Å². The zero-order valence-corrected chi connectivity index (χ0v) is 16.4. The monoisotopic (exact) mass is 415 g/mol. The molecule has 148 valence electrons. The van der Waals surface area contributed by atoms with Crippen molar-refractivity contribution in [3.05, 3.63) is 35.4 Å². The molecule has 8 nitrogen and oxygen atoms in total. The summed E-state index contributed by atoms with van der Waals surface area (Å²) in [6, 6.07) is 4.36. The molecule has 0 saturated carbocycles. The Hall–Kier alpha value is -2.89. The minimum absolute atomic E-state index is 0.166. The Morgan fingerprint density at radius 2 is 2.07 bits per heavy atom. The van der Waals surface area contributed by atoms with Crippen LogP contribution in [0.1, 0.15) is 16.2 Å². The second-order valence-electron chi connectivity index (χ2n) is 7.18. The van der Waals surface area contributed by atoms with Gasteiger partial charge in [-0.05, 0) is 23.7 Å². The quantitative estimate of drug-likeness (QED) is 0.561. The molecule has 1 amide bonds. The summed E-state index contributed by atoms with van der Waals surface area (Å²) in [5.41, 5.74) is 0.887. The number of alkyl halides is 1. The van der Waals surface area contributed by atoms with E-state index >= 15 is 0 Å². The predicted molar refractivity (Wildman–Crippen MR) is 105 cm³/mol. The van der Waals surface area contributed by atoms with Gasteiger partial charge in [-0.2, -0.15) is 9.36 Å². The molecule has 1 fully saturated rings. The molecule has 0 spiro atoms. The standard InChI is InChI=1S/C17H16BF2N7OS/c18-11-5-9(1-2-12(11)20)16(28)25-3-4-27-13(8-25)22-23-14(27)15-21-17(24-29-15)26-6-10(19)7-26/h1-2,5,10H,3-4,6-8,18H2. The summed E-state index contributed by atoms with van der Waals surface area (Å²) in [5.74, 6) is 1.27. The highest BCUT2D eigenvalue weighted by Gasteiger charge is 2.31. The van der Waals surface area contributed by atoms with Crippen LogP contribution in [0.2, 0.25) is 0 Å². The molecule has 29 heavy (non-hydrogen) atoms. The summed E-state index contributed by atoms with van der Waals surface area (Å²) in [4.78, 5) is 20.7. The first-order valence-corrected chi connectivity index (χ1v) is 9.97. The van der Waals surface area contributed by atoms with E-state index in [-0.39, 0.29) is 11.7 Å². The number of anilines is 1. The molecule has 5 rings (SSSR count). The SMILES string of the molecule is Bc1cc(C(=O)N2CCn3c(nnc3-c3nc(N4CC(F)C4)ns3)C2)ccc1F. The zero-order valence-electron chi connectivity index (χ0n) is 15.5. The van der Waals surface area contributed by atoms with E-state index in [2.05, 4.69) is 19.6 Å². The Morgan fingerprint density at radius 1 is 1.24 bits per heavy atom. The largest absolute Gasteiger partial charge is 0.334 e. The maximum Gasteiger partial charge on any atom is 0.254 e. The Bertz CT molecular complexity index is 1100. The first-order chi connectivity index (χ1) is 14.0. The van der Waals surface area contributed by atoms with Crippen molar-refractivity contribution in [1.29, 1.82) is 0 Å². The molecule has 2 aliphatic rings. The van der Waals surface area contributed by atoms with Gasteiger partial charge in [0.2, 0.25) is 5.95 Å². The summed E-state index contributed by atoms with van der Waals surface area (Å²) in [7, 11) is 1.63. The first kappa shape index (κ1) is 18.2. The van der Waals surface area contributed by atoms with Crippen molar-refractivity contribution in [3.8, 4) is 10.8 Å². The summed E-state index contributed by atoms with van der Waals surface area (Å²) in [6.07, 6.45) is -0.823. The number of rotatable bonds is 3. The van der Waals surface area contributed by atoms with Crippen LogP contribution in [-0.2, 0) is 13.1 Å². The fraction of sp³-hybridized carbons (Fsp3) is 0.353. The first-order valence-electron chi connectivity index (χ1n) is 9.20. The van der Waals surface area contributed by atoms with Gasteiger partial charge in [0, 0.05) is 18.7 Å². The molecule has 12 heteroatoms. The lowest BCUT2D eigenvalue weighted by atomic mass is 9.93. The van der Waals surface area contributed by atoms with Gasteiger partial charge in [-0.3, -0.25) is 4.79 Å². The molecule has 2 aromatic heterocycles. The molecular formula is C17H16BF2N7OS. The van der Waals surface area contributed by atoms with Crippen LogP contribution in [-0.4, -0.2) is 68.6 Å². The second-order valence-corrected chi connectivity index (χ2v) is 7.94. The summed E-state index contributed by atoms with van der Waals surface area (Å²) in [6.45, 7) is 1.94. The molecule has 3 aromatic rings. The molecule has 0 unspecified atom stereocenters. The molecule has 0 radical (unpaired) electrons. The average molecular weight is 415 g/mol. The number of hydrogen-bond acceptors (Lipinski definition) is 7. The van der Waals surface area contributed by atoms with Crippen molar-refractivity contribution < 1.29 is 13.6 Å². The van der Waals surface area contributed by atoms with Crippen LogP contribution < -0.4 is 10.4 Å². The number of carbonyl (C=O) groups is 1. The van der Waals surface area contributed by atoms with Crippen molar-refractivity contribution in [2.75, 3.05) is 24.5 Å². The molecule has 0 bridgehead atoms. The van der Waals surface area contributed by atoms with Crippen LogP contribution >= 0.6 is 11.5 Å². The van der Waals surface area contributed by atoms with Gasteiger partial charge in [0.25, 0.3) is 5.91 Å². The lowest BCUT2D eigenvalue weighted by Crippen LogP contribution is -2.48. The van der Waals surface area contributed by atoms with Gasteiger partial charge in [0.15, 0.2) is 16.7 Å². The smallest absolute Gasteiger partial charge is 0.254 e. The van der Waals surface area contributed by atoms with E-state index in [1.165, 1.54) is 23.7 Å². The summed E-state index contributed by atoms with van der Waals surface area (Å²) < 4.78 is 32.8. The predicted octanol–water partition coefficient (Wildman–Crippen LogP) is 0.00820. The third kappa shape index (κ3) is 3.16. The van der Waals surface area contributed by atoms with Crippen molar-refractivity contribution in [3.63, 3.8) is 0 Å². The lowest BCUT2D eigenvalue weighted by Gasteiger charge is -2.33. The van der Waals surface area contributed by atoms with Gasteiger partial charge in [0.05, 0.1) is 19.6 Å². The van der Waals surface area contributed by atoms with Crippen LogP contribution in [0.4, 0.5) is 14.7 Å². The Labute approximate surface area is 169 Å². The zero-order chi connectivity index (χ0) is 20.1. The Balaban J connectivity index is 1.34. The van der Waals surface area contributed by atoms with Crippen molar-refractivity contribution in [1.82, 2.24) is 29.0 Å². The van der Waals surface area contributed by atoms with Crippen LogP contribution in [0.3, 0.4) is 0 Å². The van der Waals surface area contributed by atoms with Crippen molar-refractivity contribution in [2.24, 2.45) is 0 Å². The number of benzene rings is 1. The Morgan fingerprint density at radius 3 is 2.83 bits per heavy atom. The third-order valence-corrected chi connectivity index (χ3v) is 5.87. The number of hydrogen-bond donors (Lipinski definition) is 0. The topological polar surface area (TPSA) is 80.0 Å². The van der Waals surface area contributed by atoms with Crippen LogP contribution in [0, 0.1) is 5.82 Å². The van der Waals surface area contributed by atoms with E-state index in [1.807, 2.05) is 4.57 Å². The number of amides is 1. The highest BCUT2D eigenvalue weighted by atomic mass is 32.1. The van der Waals surface area contributed by atoms with Gasteiger partial charge >= 0.3 is 0 Å². The number of fused-ring (bicyclic) bond motifs is 1. The second kappa shape index (κ2) is 6.87. The fourth-order valence-corrected chi connectivity index (χ4v) is 4.15. The molecule has 0 N–H and O–H groups in total. The molecule has 2 aliphatic heterocycles. The Kier molecular flexibility index (Phi) is 4.30. The molecule has 0 atom stereocenters. The summed E-state index contributed by atoms with van der Waals surface area (Å²) in [5, 5.41) is 9.07. The highest BCUT2D eigenvalue weighted by molar-refractivity contribution is 7.09. The number of halogens is 2. The van der Waals surface area contributed by atoms with Crippen molar-refractivity contribution >= 4 is 36.7 Å². The third-order valence-electron chi connectivity index (χ3n) is 5.17. The van der Waals surface area contributed by atoms with E-state index in [9.17, 15) is 13.6 Å². The van der Waals surface area contributed by atoms with Gasteiger partial charge < -0.3 is 14.4 Å². The van der Waals surface area contributed by atoms with E-state index < -0.39 is 6.17 Å². The summed E-state index contributed by atoms with van der Waals surface area (Å²) >= 11 is 1.20. The van der Waals surface area contributed by atoms with Gasteiger partial charge in [-0.1, -0.05) is 11.5 Å². The minimum Gasteiger partial charge on any atom is -0.334 e. The maximum absolute atomic E-state index is 13.5. The van der Waals surface area contributed by atoms with Gasteiger partial charge in [-0.25, -0.2) is 8.78 Å². The average Bonchev–Trinajstić information content (AvgIpc) is 3.33. The van der Waals surface area contributed by atoms with Gasteiger partial charge in [-0.15, -0.1) is 10.2 Å². The van der Waals surface area contributed by atoms with E-state index in [1.54, 1.807) is 23.7 Å². The lowest BCUT2D eigenvalue weighted by molar-refractivity contribution is 0.0708.